The van der Waals surface area contributed by atoms with Crippen LogP contribution in [-0.2, 0) is 0 Å². The van der Waals surface area contributed by atoms with Crippen LogP contribution in [0.25, 0.3) is 11.3 Å². The van der Waals surface area contributed by atoms with Gasteiger partial charge < -0.3 is 0 Å². The normalized spacial score (nSPS) is 26.2. The van der Waals surface area contributed by atoms with E-state index < -0.39 is 0 Å². The number of benzene rings is 1. The highest BCUT2D eigenvalue weighted by Gasteiger charge is 2.24. The third kappa shape index (κ3) is 5.80. The maximum absolute atomic E-state index is 15.0. The van der Waals surface area contributed by atoms with Crippen LogP contribution in [-0.4, -0.2) is 4.98 Å². The van der Waals surface area contributed by atoms with E-state index in [0.717, 1.165) is 17.5 Å². The van der Waals surface area contributed by atoms with Crippen molar-refractivity contribution in [2.45, 2.75) is 109 Å². The van der Waals surface area contributed by atoms with Gasteiger partial charge >= 0.3 is 0 Å². The highest BCUT2D eigenvalue weighted by molar-refractivity contribution is 5.60. The Balaban J connectivity index is 1.35. The standard InChI is InChI=1S/C30H42FN/c1-3-5-6-7-23-10-14-25(15-11-23)27-17-19-30(32-21-27)28-18-16-26(20-29(28)31)24-12-8-22(4-2)9-13-24/h16-25H,3-15H2,1-2H3/t22-,23-,24-,25-. The van der Waals surface area contributed by atoms with Crippen LogP contribution in [0.2, 0.25) is 0 Å². The van der Waals surface area contributed by atoms with Crippen LogP contribution < -0.4 is 0 Å². The summed E-state index contributed by atoms with van der Waals surface area (Å²) < 4.78 is 15.0. The highest BCUT2D eigenvalue weighted by atomic mass is 19.1. The van der Waals surface area contributed by atoms with Crippen molar-refractivity contribution in [3.63, 3.8) is 0 Å². The van der Waals surface area contributed by atoms with Gasteiger partial charge in [0.15, 0.2) is 0 Å². The van der Waals surface area contributed by atoms with Crippen molar-refractivity contribution >= 4 is 0 Å². The Kier molecular flexibility index (Phi) is 8.38. The number of rotatable bonds is 8. The van der Waals surface area contributed by atoms with Gasteiger partial charge in [0.1, 0.15) is 5.82 Å². The number of aromatic nitrogens is 1. The van der Waals surface area contributed by atoms with Crippen molar-refractivity contribution in [1.29, 1.82) is 0 Å². The first kappa shape index (κ1) is 23.5. The minimum Gasteiger partial charge on any atom is -0.256 e. The van der Waals surface area contributed by atoms with E-state index in [4.69, 9.17) is 0 Å². The number of hydrogen-bond donors (Lipinski definition) is 0. The molecule has 0 unspecified atom stereocenters. The van der Waals surface area contributed by atoms with Gasteiger partial charge in [-0.1, -0.05) is 58.1 Å². The SMILES string of the molecule is CCCCC[C@H]1CC[C@H](c2ccc(-c3ccc([C@H]4CC[C@H](CC)CC4)cc3F)nc2)CC1. The van der Waals surface area contributed by atoms with Crippen LogP contribution in [0.5, 0.6) is 0 Å². The topological polar surface area (TPSA) is 12.9 Å². The molecule has 0 saturated heterocycles. The molecular formula is C30H42FN. The molecule has 0 amide bonds. The Morgan fingerprint density at radius 3 is 2.03 bits per heavy atom. The maximum atomic E-state index is 15.0. The lowest BCUT2D eigenvalue weighted by Crippen LogP contribution is -2.13. The number of pyridine rings is 1. The average molecular weight is 436 g/mol. The minimum absolute atomic E-state index is 0.118. The molecule has 0 spiro atoms. The second-order valence-electron chi connectivity index (χ2n) is 10.6. The smallest absolute Gasteiger partial charge is 0.132 e. The summed E-state index contributed by atoms with van der Waals surface area (Å²) in [7, 11) is 0. The van der Waals surface area contributed by atoms with E-state index in [0.29, 0.717) is 17.4 Å². The summed E-state index contributed by atoms with van der Waals surface area (Å²) in [6, 6.07) is 10.1. The second kappa shape index (κ2) is 11.4. The van der Waals surface area contributed by atoms with E-state index in [1.165, 1.54) is 94.6 Å². The lowest BCUT2D eigenvalue weighted by molar-refractivity contribution is 0.302. The van der Waals surface area contributed by atoms with Crippen molar-refractivity contribution in [2.24, 2.45) is 11.8 Å². The summed E-state index contributed by atoms with van der Waals surface area (Å²) in [5.41, 5.74) is 3.92. The minimum atomic E-state index is -0.118. The van der Waals surface area contributed by atoms with Gasteiger partial charge in [0.05, 0.1) is 5.69 Å². The molecule has 32 heavy (non-hydrogen) atoms. The van der Waals surface area contributed by atoms with Crippen molar-refractivity contribution in [2.75, 3.05) is 0 Å². The van der Waals surface area contributed by atoms with Gasteiger partial charge in [0, 0.05) is 11.8 Å². The molecule has 1 aromatic heterocycles. The third-order valence-corrected chi connectivity index (χ3v) is 8.49. The van der Waals surface area contributed by atoms with Crippen LogP contribution >= 0.6 is 0 Å². The molecule has 0 atom stereocenters. The molecule has 0 aliphatic heterocycles. The first-order valence-electron chi connectivity index (χ1n) is 13.4. The average Bonchev–Trinajstić information content (AvgIpc) is 2.85. The van der Waals surface area contributed by atoms with Crippen molar-refractivity contribution < 1.29 is 4.39 Å². The van der Waals surface area contributed by atoms with E-state index in [9.17, 15) is 0 Å². The Morgan fingerprint density at radius 1 is 0.781 bits per heavy atom. The van der Waals surface area contributed by atoms with Crippen LogP contribution in [0.15, 0.2) is 36.5 Å². The number of nitrogens with zero attached hydrogens (tertiary/aromatic N) is 1. The largest absolute Gasteiger partial charge is 0.256 e. The number of hydrogen-bond acceptors (Lipinski definition) is 1. The van der Waals surface area contributed by atoms with E-state index in [2.05, 4.69) is 31.0 Å². The number of halogens is 1. The molecule has 0 radical (unpaired) electrons. The third-order valence-electron chi connectivity index (χ3n) is 8.49. The van der Waals surface area contributed by atoms with E-state index in [1.807, 2.05) is 18.3 Å². The van der Waals surface area contributed by atoms with E-state index in [-0.39, 0.29) is 5.82 Å². The summed E-state index contributed by atoms with van der Waals surface area (Å²) >= 11 is 0. The lowest BCUT2D eigenvalue weighted by Gasteiger charge is -2.29. The van der Waals surface area contributed by atoms with Gasteiger partial charge in [-0.25, -0.2) is 4.39 Å². The lowest BCUT2D eigenvalue weighted by atomic mass is 9.77. The molecule has 4 rings (SSSR count). The number of unbranched alkanes of at least 4 members (excludes halogenated alkanes) is 2. The molecule has 0 bridgehead atoms. The first-order chi connectivity index (χ1) is 15.7. The van der Waals surface area contributed by atoms with Gasteiger partial charge in [-0.05, 0) is 104 Å². The zero-order chi connectivity index (χ0) is 22.3. The van der Waals surface area contributed by atoms with E-state index in [1.54, 1.807) is 6.07 Å². The molecule has 2 aliphatic rings. The van der Waals surface area contributed by atoms with Crippen LogP contribution in [0, 0.1) is 17.7 Å². The van der Waals surface area contributed by atoms with Gasteiger partial charge in [-0.3, -0.25) is 4.98 Å². The molecule has 2 aromatic rings. The highest BCUT2D eigenvalue weighted by Crippen LogP contribution is 2.39. The Bertz CT molecular complexity index is 826. The van der Waals surface area contributed by atoms with Crippen molar-refractivity contribution in [3.05, 3.63) is 53.5 Å². The fourth-order valence-corrected chi connectivity index (χ4v) is 6.17. The zero-order valence-corrected chi connectivity index (χ0v) is 20.3. The van der Waals surface area contributed by atoms with Gasteiger partial charge in [-0.2, -0.15) is 0 Å². The second-order valence-corrected chi connectivity index (χ2v) is 10.6. The Morgan fingerprint density at radius 2 is 1.44 bits per heavy atom. The molecule has 174 valence electrons. The molecule has 2 heteroatoms. The summed E-state index contributed by atoms with van der Waals surface area (Å²) in [6.07, 6.45) is 19.0. The van der Waals surface area contributed by atoms with Crippen LogP contribution in [0.3, 0.4) is 0 Å². The monoisotopic (exact) mass is 435 g/mol. The van der Waals surface area contributed by atoms with Gasteiger partial charge in [-0.15, -0.1) is 0 Å². The predicted octanol–water partition coefficient (Wildman–Crippen LogP) is 9.43. The quantitative estimate of drug-likeness (QED) is 0.376. The molecule has 2 saturated carbocycles. The first-order valence-corrected chi connectivity index (χ1v) is 13.4. The van der Waals surface area contributed by atoms with Crippen LogP contribution in [0.1, 0.15) is 120 Å². The predicted molar refractivity (Wildman–Crippen MR) is 133 cm³/mol. The Labute approximate surface area is 195 Å². The molecule has 1 aromatic carbocycles. The summed E-state index contributed by atoms with van der Waals surface area (Å²) in [4.78, 5) is 4.69. The Hall–Kier alpha value is -1.70. The van der Waals surface area contributed by atoms with Gasteiger partial charge in [0.25, 0.3) is 0 Å². The molecule has 1 heterocycles. The molecule has 2 aliphatic carbocycles. The fourth-order valence-electron chi connectivity index (χ4n) is 6.17. The molecular weight excluding hydrogens is 393 g/mol. The fraction of sp³-hybridized carbons (Fsp3) is 0.633. The van der Waals surface area contributed by atoms with Crippen molar-refractivity contribution in [1.82, 2.24) is 4.98 Å². The molecule has 2 fully saturated rings. The van der Waals surface area contributed by atoms with Gasteiger partial charge in [0.2, 0.25) is 0 Å². The summed E-state index contributed by atoms with van der Waals surface area (Å²) in [5.74, 6) is 2.83. The summed E-state index contributed by atoms with van der Waals surface area (Å²) in [5, 5.41) is 0. The van der Waals surface area contributed by atoms with E-state index >= 15 is 4.39 Å². The molecule has 0 N–H and O–H groups in total. The summed E-state index contributed by atoms with van der Waals surface area (Å²) in [6.45, 7) is 4.57. The zero-order valence-electron chi connectivity index (χ0n) is 20.3. The molecule has 1 nitrogen and oxygen atoms in total. The maximum Gasteiger partial charge on any atom is 0.132 e. The van der Waals surface area contributed by atoms with Crippen LogP contribution in [0.4, 0.5) is 4.39 Å². The van der Waals surface area contributed by atoms with Crippen molar-refractivity contribution in [3.8, 4) is 11.3 Å².